The Labute approximate surface area is 148 Å². The molecule has 0 atom stereocenters. The number of ether oxygens (including phenoxy) is 1. The van der Waals surface area contributed by atoms with Gasteiger partial charge in [0, 0.05) is 30.4 Å². The van der Waals surface area contributed by atoms with Crippen molar-refractivity contribution in [1.29, 1.82) is 0 Å². The first-order valence-corrected chi connectivity index (χ1v) is 8.63. The van der Waals surface area contributed by atoms with E-state index in [0.29, 0.717) is 10.8 Å². The van der Waals surface area contributed by atoms with Gasteiger partial charge in [0.25, 0.3) is 0 Å². The topological polar surface area (TPSA) is 50.3 Å². The van der Waals surface area contributed by atoms with Crippen LogP contribution >= 0.6 is 11.6 Å². The molecule has 0 saturated carbocycles. The maximum Gasteiger partial charge on any atom is 0.227 e. The first-order valence-electron chi connectivity index (χ1n) is 8.26. The quantitative estimate of drug-likeness (QED) is 0.887. The molecule has 1 aromatic heterocycles. The maximum absolute atomic E-state index is 6.17. The van der Waals surface area contributed by atoms with Crippen molar-refractivity contribution in [3.63, 3.8) is 0 Å². The molecular formula is C18H23ClN4O. The highest BCUT2D eigenvalue weighted by atomic mass is 35.5. The van der Waals surface area contributed by atoms with Gasteiger partial charge in [-0.2, -0.15) is 4.98 Å². The third-order valence-electron chi connectivity index (χ3n) is 4.45. The molecule has 1 N–H and O–H groups in total. The minimum absolute atomic E-state index is 0.684. The molecule has 1 aliphatic rings. The lowest BCUT2D eigenvalue weighted by molar-refractivity contribution is 0.416. The molecule has 1 fully saturated rings. The Kier molecular flexibility index (Phi) is 5.09. The molecule has 1 aromatic carbocycles. The SMILES string of the molecule is COc1cc(Cl)c(C)cc1Nc1ccnc(N2CCC(C)CC2)n1. The average Bonchev–Trinajstić information content (AvgIpc) is 2.59. The van der Waals surface area contributed by atoms with Crippen LogP contribution in [0.15, 0.2) is 24.4 Å². The van der Waals surface area contributed by atoms with E-state index in [4.69, 9.17) is 16.3 Å². The van der Waals surface area contributed by atoms with Crippen molar-refractivity contribution in [3.05, 3.63) is 35.0 Å². The lowest BCUT2D eigenvalue weighted by Crippen LogP contribution is -2.34. The Bertz CT molecular complexity index is 714. The van der Waals surface area contributed by atoms with Crippen LogP contribution in [-0.2, 0) is 0 Å². The molecule has 6 heteroatoms. The normalized spacial score (nSPS) is 15.4. The first kappa shape index (κ1) is 16.8. The molecule has 0 aliphatic carbocycles. The van der Waals surface area contributed by atoms with Crippen LogP contribution in [0, 0.1) is 12.8 Å². The summed E-state index contributed by atoms with van der Waals surface area (Å²) in [4.78, 5) is 11.3. The van der Waals surface area contributed by atoms with Gasteiger partial charge in [0.2, 0.25) is 5.95 Å². The second-order valence-corrected chi connectivity index (χ2v) is 6.75. The summed E-state index contributed by atoms with van der Waals surface area (Å²) >= 11 is 6.17. The van der Waals surface area contributed by atoms with E-state index >= 15 is 0 Å². The summed E-state index contributed by atoms with van der Waals surface area (Å²) in [7, 11) is 1.63. The molecule has 1 aliphatic heterocycles. The molecule has 0 unspecified atom stereocenters. The monoisotopic (exact) mass is 346 g/mol. The summed E-state index contributed by atoms with van der Waals surface area (Å²) in [6.45, 7) is 6.28. The van der Waals surface area contributed by atoms with Crippen LogP contribution in [0.25, 0.3) is 0 Å². The Balaban J connectivity index is 1.81. The van der Waals surface area contributed by atoms with E-state index in [1.54, 1.807) is 13.3 Å². The van der Waals surface area contributed by atoms with Crippen molar-refractivity contribution in [2.75, 3.05) is 30.4 Å². The summed E-state index contributed by atoms with van der Waals surface area (Å²) in [6, 6.07) is 5.64. The molecule has 0 radical (unpaired) electrons. The largest absolute Gasteiger partial charge is 0.495 e. The number of benzene rings is 1. The summed E-state index contributed by atoms with van der Waals surface area (Å²) in [5.41, 5.74) is 1.83. The zero-order valence-corrected chi connectivity index (χ0v) is 15.1. The van der Waals surface area contributed by atoms with Gasteiger partial charge in [-0.25, -0.2) is 4.98 Å². The second-order valence-electron chi connectivity index (χ2n) is 6.34. The summed E-state index contributed by atoms with van der Waals surface area (Å²) in [6.07, 6.45) is 4.16. The summed E-state index contributed by atoms with van der Waals surface area (Å²) in [5.74, 6) is 3.00. The second kappa shape index (κ2) is 7.26. The molecule has 128 valence electrons. The highest BCUT2D eigenvalue weighted by Gasteiger charge is 2.18. The van der Waals surface area contributed by atoms with Crippen LogP contribution in [0.5, 0.6) is 5.75 Å². The number of nitrogens with one attached hydrogen (secondary N) is 1. The molecule has 2 heterocycles. The van der Waals surface area contributed by atoms with Gasteiger partial charge in [0.15, 0.2) is 0 Å². The summed E-state index contributed by atoms with van der Waals surface area (Å²) in [5, 5.41) is 4.00. The smallest absolute Gasteiger partial charge is 0.227 e. The van der Waals surface area contributed by atoms with E-state index in [1.165, 1.54) is 12.8 Å². The summed E-state index contributed by atoms with van der Waals surface area (Å²) < 4.78 is 5.41. The highest BCUT2D eigenvalue weighted by molar-refractivity contribution is 6.31. The van der Waals surface area contributed by atoms with Crippen LogP contribution < -0.4 is 15.0 Å². The fraction of sp³-hybridized carbons (Fsp3) is 0.444. The van der Waals surface area contributed by atoms with Gasteiger partial charge in [-0.1, -0.05) is 18.5 Å². The number of piperidine rings is 1. The molecule has 5 nitrogen and oxygen atoms in total. The van der Waals surface area contributed by atoms with Gasteiger partial charge in [-0.15, -0.1) is 0 Å². The van der Waals surface area contributed by atoms with Gasteiger partial charge in [-0.3, -0.25) is 0 Å². The number of nitrogens with zero attached hydrogens (tertiary/aromatic N) is 3. The van der Waals surface area contributed by atoms with Crippen molar-refractivity contribution in [2.24, 2.45) is 5.92 Å². The molecule has 0 spiro atoms. The highest BCUT2D eigenvalue weighted by Crippen LogP contribution is 2.33. The van der Waals surface area contributed by atoms with Gasteiger partial charge in [-0.05, 0) is 43.4 Å². The van der Waals surface area contributed by atoms with Crippen LogP contribution in [0.4, 0.5) is 17.5 Å². The predicted molar refractivity (Wildman–Crippen MR) is 98.7 cm³/mol. The van der Waals surface area contributed by atoms with Crippen molar-refractivity contribution in [1.82, 2.24) is 9.97 Å². The minimum atomic E-state index is 0.684. The van der Waals surface area contributed by atoms with Gasteiger partial charge in [0.05, 0.1) is 12.8 Å². The minimum Gasteiger partial charge on any atom is -0.495 e. The van der Waals surface area contributed by atoms with E-state index in [1.807, 2.05) is 25.1 Å². The Morgan fingerprint density at radius 2 is 2.04 bits per heavy atom. The van der Waals surface area contributed by atoms with E-state index in [9.17, 15) is 0 Å². The fourth-order valence-electron chi connectivity index (χ4n) is 2.85. The van der Waals surface area contributed by atoms with Gasteiger partial charge < -0.3 is 15.0 Å². The molecule has 24 heavy (non-hydrogen) atoms. The number of rotatable bonds is 4. The predicted octanol–water partition coefficient (Wildman–Crippen LogP) is 4.43. The third kappa shape index (κ3) is 3.73. The van der Waals surface area contributed by atoms with Gasteiger partial charge >= 0.3 is 0 Å². The number of methoxy groups -OCH3 is 1. The molecular weight excluding hydrogens is 324 g/mol. The first-order chi connectivity index (χ1) is 11.6. The molecule has 2 aromatic rings. The number of anilines is 3. The number of halogens is 1. The van der Waals surface area contributed by atoms with Crippen LogP contribution in [0.2, 0.25) is 5.02 Å². The molecule has 3 rings (SSSR count). The van der Waals surface area contributed by atoms with E-state index in [2.05, 4.69) is 27.1 Å². The molecule has 0 bridgehead atoms. The van der Waals surface area contributed by atoms with Gasteiger partial charge in [0.1, 0.15) is 11.6 Å². The fourth-order valence-corrected chi connectivity index (χ4v) is 3.00. The molecule has 0 amide bonds. The van der Waals surface area contributed by atoms with Crippen LogP contribution in [0.3, 0.4) is 0 Å². The standard InChI is InChI=1S/C18H23ClN4O/c1-12-5-8-23(9-6-12)18-20-7-4-17(22-18)21-15-10-13(2)14(19)11-16(15)24-3/h4,7,10-12H,5-6,8-9H2,1-3H3,(H,20,21,22). The Morgan fingerprint density at radius 3 is 2.75 bits per heavy atom. The lowest BCUT2D eigenvalue weighted by Gasteiger charge is -2.30. The van der Waals surface area contributed by atoms with E-state index in [0.717, 1.165) is 42.0 Å². The third-order valence-corrected chi connectivity index (χ3v) is 4.86. The Morgan fingerprint density at radius 1 is 1.29 bits per heavy atom. The zero-order chi connectivity index (χ0) is 17.1. The number of hydrogen-bond acceptors (Lipinski definition) is 5. The average molecular weight is 347 g/mol. The molecule has 1 saturated heterocycles. The van der Waals surface area contributed by atoms with Crippen molar-refractivity contribution < 1.29 is 4.74 Å². The van der Waals surface area contributed by atoms with Crippen molar-refractivity contribution in [3.8, 4) is 5.75 Å². The van der Waals surface area contributed by atoms with Crippen molar-refractivity contribution in [2.45, 2.75) is 26.7 Å². The zero-order valence-electron chi connectivity index (χ0n) is 14.3. The maximum atomic E-state index is 6.17. The van der Waals surface area contributed by atoms with Crippen LogP contribution in [-0.4, -0.2) is 30.2 Å². The number of hydrogen-bond donors (Lipinski definition) is 1. The number of aromatic nitrogens is 2. The van der Waals surface area contributed by atoms with Crippen molar-refractivity contribution >= 4 is 29.1 Å². The number of aryl methyl sites for hydroxylation is 1. The van der Waals surface area contributed by atoms with E-state index < -0.39 is 0 Å². The Hall–Kier alpha value is -2.01. The van der Waals surface area contributed by atoms with Crippen LogP contribution in [0.1, 0.15) is 25.3 Å². The lowest BCUT2D eigenvalue weighted by atomic mass is 10.00. The van der Waals surface area contributed by atoms with E-state index in [-0.39, 0.29) is 0 Å².